The zero-order valence-electron chi connectivity index (χ0n) is 17.4. The molecule has 1 heterocycles. The highest BCUT2D eigenvalue weighted by Gasteiger charge is 2.21. The first-order chi connectivity index (χ1) is 15.5. The molecule has 0 spiro atoms. The summed E-state index contributed by atoms with van der Waals surface area (Å²) >= 11 is 0. The minimum atomic E-state index is -3.74. The van der Waals surface area contributed by atoms with Crippen molar-refractivity contribution >= 4 is 21.6 Å². The lowest BCUT2D eigenvalue weighted by Gasteiger charge is -2.12. The molecule has 0 aliphatic carbocycles. The van der Waals surface area contributed by atoms with Crippen LogP contribution in [-0.2, 0) is 14.8 Å². The molecular formula is C24H24N2O5S. The number of hydrogen-bond acceptors (Lipinski definition) is 5. The van der Waals surface area contributed by atoms with Crippen LogP contribution in [0.5, 0.6) is 11.5 Å². The third kappa shape index (κ3) is 5.73. The molecule has 2 N–H and O–H groups in total. The molecule has 0 aromatic heterocycles. The van der Waals surface area contributed by atoms with E-state index < -0.39 is 15.9 Å². The lowest BCUT2D eigenvalue weighted by atomic mass is 10.2. The van der Waals surface area contributed by atoms with Crippen molar-refractivity contribution in [1.82, 2.24) is 4.72 Å². The Morgan fingerprint density at radius 1 is 0.969 bits per heavy atom. The van der Waals surface area contributed by atoms with Gasteiger partial charge in [0.05, 0.1) is 11.0 Å². The van der Waals surface area contributed by atoms with Crippen LogP contribution in [0.3, 0.4) is 0 Å². The van der Waals surface area contributed by atoms with Gasteiger partial charge in [0.1, 0.15) is 11.5 Å². The lowest BCUT2D eigenvalue weighted by molar-refractivity contribution is 0.102. The Balaban J connectivity index is 1.39. The minimum absolute atomic E-state index is 0.0368. The maximum Gasteiger partial charge on any atom is 0.255 e. The Labute approximate surface area is 187 Å². The molecule has 3 aromatic rings. The average Bonchev–Trinajstić information content (AvgIpc) is 3.34. The predicted octanol–water partition coefficient (Wildman–Crippen LogP) is 4.19. The van der Waals surface area contributed by atoms with E-state index >= 15 is 0 Å². The van der Waals surface area contributed by atoms with E-state index in [9.17, 15) is 13.2 Å². The molecule has 1 saturated heterocycles. The third-order valence-corrected chi connectivity index (χ3v) is 6.44. The van der Waals surface area contributed by atoms with Crippen molar-refractivity contribution in [2.24, 2.45) is 0 Å². The Hall–Kier alpha value is -3.20. The van der Waals surface area contributed by atoms with Crippen molar-refractivity contribution in [3.8, 4) is 11.5 Å². The summed E-state index contributed by atoms with van der Waals surface area (Å²) in [4.78, 5) is 12.7. The molecule has 1 fully saturated rings. The molecule has 1 aliphatic rings. The van der Waals surface area contributed by atoms with Crippen molar-refractivity contribution in [2.45, 2.75) is 23.8 Å². The number of rotatable bonds is 8. The monoisotopic (exact) mass is 452 g/mol. The number of nitrogens with one attached hydrogen (secondary N) is 2. The van der Waals surface area contributed by atoms with Crippen LogP contribution >= 0.6 is 0 Å². The highest BCUT2D eigenvalue weighted by Crippen LogP contribution is 2.23. The zero-order valence-corrected chi connectivity index (χ0v) is 18.2. The molecule has 7 nitrogen and oxygen atoms in total. The van der Waals surface area contributed by atoms with E-state index in [2.05, 4.69) is 10.0 Å². The number of para-hydroxylation sites is 1. The summed E-state index contributed by atoms with van der Waals surface area (Å²) in [6.07, 6.45) is 1.66. The van der Waals surface area contributed by atoms with Crippen molar-refractivity contribution < 1.29 is 22.7 Å². The van der Waals surface area contributed by atoms with E-state index in [-0.39, 0.29) is 23.1 Å². The van der Waals surface area contributed by atoms with Crippen LogP contribution in [0, 0.1) is 0 Å². The van der Waals surface area contributed by atoms with Crippen LogP contribution in [0.2, 0.25) is 0 Å². The normalized spacial score (nSPS) is 15.9. The average molecular weight is 453 g/mol. The van der Waals surface area contributed by atoms with Gasteiger partial charge in [-0.3, -0.25) is 4.79 Å². The van der Waals surface area contributed by atoms with E-state index in [1.165, 1.54) is 12.1 Å². The summed E-state index contributed by atoms with van der Waals surface area (Å²) in [7, 11) is -3.74. The standard InChI is InChI=1S/C24H24N2O5S/c27-24(26-19-11-13-21(14-12-19)31-20-7-2-1-3-8-20)18-6-4-10-23(16-18)32(28,29)25-17-22-9-5-15-30-22/h1-4,6-8,10-14,16,22,25H,5,9,15,17H2,(H,26,27). The van der Waals surface area contributed by atoms with Crippen molar-refractivity contribution in [2.75, 3.05) is 18.5 Å². The molecule has 1 amide bonds. The molecule has 0 radical (unpaired) electrons. The van der Waals surface area contributed by atoms with Gasteiger partial charge in [-0.1, -0.05) is 24.3 Å². The molecule has 3 aromatic carbocycles. The van der Waals surface area contributed by atoms with Gasteiger partial charge >= 0.3 is 0 Å². The Morgan fingerprint density at radius 2 is 1.72 bits per heavy atom. The summed E-state index contributed by atoms with van der Waals surface area (Å²) in [6, 6.07) is 22.3. The molecule has 4 rings (SSSR count). The van der Waals surface area contributed by atoms with Crippen molar-refractivity contribution in [3.05, 3.63) is 84.4 Å². The van der Waals surface area contributed by atoms with Gasteiger partial charge in [-0.25, -0.2) is 13.1 Å². The second-order valence-electron chi connectivity index (χ2n) is 7.41. The van der Waals surface area contributed by atoms with E-state index in [4.69, 9.17) is 9.47 Å². The van der Waals surface area contributed by atoms with Gasteiger partial charge in [0.15, 0.2) is 0 Å². The number of carbonyl (C=O) groups is 1. The smallest absolute Gasteiger partial charge is 0.255 e. The quantitative estimate of drug-likeness (QED) is 0.535. The number of sulfonamides is 1. The second-order valence-corrected chi connectivity index (χ2v) is 9.18. The predicted molar refractivity (Wildman–Crippen MR) is 122 cm³/mol. The number of hydrogen-bond donors (Lipinski definition) is 2. The number of amides is 1. The fourth-order valence-corrected chi connectivity index (χ4v) is 4.44. The molecular weight excluding hydrogens is 428 g/mol. The van der Waals surface area contributed by atoms with Gasteiger partial charge in [0, 0.05) is 24.4 Å². The maximum atomic E-state index is 12.7. The molecule has 0 bridgehead atoms. The van der Waals surface area contributed by atoms with Crippen LogP contribution in [0.15, 0.2) is 83.8 Å². The molecule has 8 heteroatoms. The third-order valence-electron chi connectivity index (χ3n) is 5.02. The summed E-state index contributed by atoms with van der Waals surface area (Å²) in [5.41, 5.74) is 0.815. The van der Waals surface area contributed by atoms with Crippen LogP contribution in [0.25, 0.3) is 0 Å². The molecule has 32 heavy (non-hydrogen) atoms. The molecule has 1 aliphatic heterocycles. The summed E-state index contributed by atoms with van der Waals surface area (Å²) in [5, 5.41) is 2.77. The van der Waals surface area contributed by atoms with E-state index in [1.807, 2.05) is 30.3 Å². The molecule has 0 saturated carbocycles. The number of anilines is 1. The number of ether oxygens (including phenoxy) is 2. The van der Waals surface area contributed by atoms with Gasteiger partial charge < -0.3 is 14.8 Å². The number of benzene rings is 3. The Kier molecular flexibility index (Phi) is 6.84. The Bertz CT molecular complexity index is 1160. The van der Waals surface area contributed by atoms with E-state index in [0.29, 0.717) is 18.0 Å². The Morgan fingerprint density at radius 3 is 2.44 bits per heavy atom. The SMILES string of the molecule is O=C(Nc1ccc(Oc2ccccc2)cc1)c1cccc(S(=O)(=O)NCC2CCCO2)c1. The molecule has 1 unspecified atom stereocenters. The summed E-state index contributed by atoms with van der Waals surface area (Å²) in [5.74, 6) is 0.952. The van der Waals surface area contributed by atoms with Crippen molar-refractivity contribution in [3.63, 3.8) is 0 Å². The zero-order chi connectivity index (χ0) is 22.4. The molecule has 166 valence electrons. The van der Waals surface area contributed by atoms with Gasteiger partial charge in [-0.15, -0.1) is 0 Å². The molecule has 1 atom stereocenters. The van der Waals surface area contributed by atoms with Gasteiger partial charge in [0.25, 0.3) is 5.91 Å². The lowest BCUT2D eigenvalue weighted by Crippen LogP contribution is -2.32. The fourth-order valence-electron chi connectivity index (χ4n) is 3.33. The first kappa shape index (κ1) is 22.0. The number of carbonyl (C=O) groups excluding carboxylic acids is 1. The second kappa shape index (κ2) is 9.95. The van der Waals surface area contributed by atoms with Crippen LogP contribution in [-0.4, -0.2) is 33.6 Å². The first-order valence-corrected chi connectivity index (χ1v) is 11.8. The van der Waals surface area contributed by atoms with Gasteiger partial charge in [-0.2, -0.15) is 0 Å². The van der Waals surface area contributed by atoms with Crippen LogP contribution in [0.4, 0.5) is 5.69 Å². The van der Waals surface area contributed by atoms with Crippen molar-refractivity contribution in [1.29, 1.82) is 0 Å². The largest absolute Gasteiger partial charge is 0.457 e. The minimum Gasteiger partial charge on any atom is -0.457 e. The summed E-state index contributed by atoms with van der Waals surface area (Å²) in [6.45, 7) is 0.873. The fraction of sp³-hybridized carbons (Fsp3) is 0.208. The first-order valence-electron chi connectivity index (χ1n) is 10.4. The summed E-state index contributed by atoms with van der Waals surface area (Å²) < 4.78 is 39.0. The van der Waals surface area contributed by atoms with E-state index in [0.717, 1.165) is 18.6 Å². The van der Waals surface area contributed by atoms with Crippen LogP contribution in [0.1, 0.15) is 23.2 Å². The highest BCUT2D eigenvalue weighted by molar-refractivity contribution is 7.89. The van der Waals surface area contributed by atoms with Gasteiger partial charge in [0.2, 0.25) is 10.0 Å². The topological polar surface area (TPSA) is 93.7 Å². The maximum absolute atomic E-state index is 12.7. The van der Waals surface area contributed by atoms with Crippen LogP contribution < -0.4 is 14.8 Å². The van der Waals surface area contributed by atoms with Gasteiger partial charge in [-0.05, 0) is 67.4 Å². The highest BCUT2D eigenvalue weighted by atomic mass is 32.2. The van der Waals surface area contributed by atoms with E-state index in [1.54, 1.807) is 36.4 Å².